The molecule has 2 N–H and O–H groups in total. The molecular formula is C18H36O4. The zero-order valence-corrected chi connectivity index (χ0v) is 14.4. The number of aliphatic hydroxyl groups is 1. The molecule has 0 radical (unpaired) electrons. The molecule has 0 aromatic rings. The minimum absolute atomic E-state index is 0.372. The lowest BCUT2D eigenvalue weighted by atomic mass is 10.0. The summed E-state index contributed by atoms with van der Waals surface area (Å²) < 4.78 is 0. The van der Waals surface area contributed by atoms with Crippen LogP contribution in [0, 0.1) is 0 Å². The highest BCUT2D eigenvalue weighted by Gasteiger charge is 2.15. The van der Waals surface area contributed by atoms with Gasteiger partial charge < -0.3 is 5.11 Å². The Hall–Kier alpha value is -0.610. The molecule has 4 nitrogen and oxygen atoms in total. The molecule has 0 saturated carbocycles. The third kappa shape index (κ3) is 14.3. The van der Waals surface area contributed by atoms with Gasteiger partial charge >= 0.3 is 5.97 Å². The number of hydrogen-bond donors (Lipinski definition) is 2. The number of carbonyl (C=O) groups excluding carboxylic acids is 1. The van der Waals surface area contributed by atoms with Crippen LogP contribution in [0.25, 0.3) is 0 Å². The molecule has 0 aliphatic carbocycles. The first kappa shape index (κ1) is 21.4. The van der Waals surface area contributed by atoms with Gasteiger partial charge in [-0.15, -0.1) is 0 Å². The van der Waals surface area contributed by atoms with Crippen molar-refractivity contribution in [2.75, 3.05) is 0 Å². The average Bonchev–Trinajstić information content (AvgIpc) is 2.54. The fraction of sp³-hybridized carbons (Fsp3) is 0.944. The Morgan fingerprint density at radius 2 is 1.14 bits per heavy atom. The van der Waals surface area contributed by atoms with Crippen molar-refractivity contribution in [3.8, 4) is 0 Å². The van der Waals surface area contributed by atoms with Gasteiger partial charge in [-0.2, -0.15) is 5.26 Å². The fourth-order valence-corrected chi connectivity index (χ4v) is 2.71. The van der Waals surface area contributed by atoms with Gasteiger partial charge in [0, 0.05) is 0 Å². The van der Waals surface area contributed by atoms with Gasteiger partial charge in [0.1, 0.15) is 0 Å². The first-order chi connectivity index (χ1) is 10.7. The monoisotopic (exact) mass is 316 g/mol. The highest BCUT2D eigenvalue weighted by molar-refractivity contribution is 5.73. The predicted octanol–water partition coefficient (Wildman–Crippen LogP) is 5.23. The summed E-state index contributed by atoms with van der Waals surface area (Å²) in [6.07, 6.45) is 17.1. The van der Waals surface area contributed by atoms with E-state index in [1.807, 2.05) is 0 Å². The maximum atomic E-state index is 10.8. The van der Waals surface area contributed by atoms with Gasteiger partial charge in [0.15, 0.2) is 6.10 Å². The molecule has 0 saturated heterocycles. The second kappa shape index (κ2) is 16.8. The second-order valence-corrected chi connectivity index (χ2v) is 6.31. The van der Waals surface area contributed by atoms with Crippen LogP contribution in [0.1, 0.15) is 103 Å². The quantitative estimate of drug-likeness (QED) is 0.232. The first-order valence-corrected chi connectivity index (χ1v) is 9.25. The van der Waals surface area contributed by atoms with Gasteiger partial charge in [-0.25, -0.2) is 4.79 Å². The number of hydrogen-bond acceptors (Lipinski definition) is 4. The van der Waals surface area contributed by atoms with Crippen LogP contribution in [0.15, 0.2) is 0 Å². The Labute approximate surface area is 136 Å². The van der Waals surface area contributed by atoms with Gasteiger partial charge in [0.25, 0.3) is 0 Å². The van der Waals surface area contributed by atoms with Crippen LogP contribution in [-0.4, -0.2) is 22.4 Å². The summed E-state index contributed by atoms with van der Waals surface area (Å²) in [5, 5.41) is 17.4. The van der Waals surface area contributed by atoms with Crippen molar-refractivity contribution < 1.29 is 20.0 Å². The second-order valence-electron chi connectivity index (χ2n) is 6.31. The summed E-state index contributed by atoms with van der Waals surface area (Å²) in [7, 11) is 0. The zero-order valence-electron chi connectivity index (χ0n) is 14.4. The maximum Gasteiger partial charge on any atom is 0.370 e. The van der Waals surface area contributed by atoms with Crippen LogP contribution in [-0.2, 0) is 9.68 Å². The van der Waals surface area contributed by atoms with E-state index in [1.165, 1.54) is 70.6 Å². The Kier molecular flexibility index (Phi) is 16.3. The van der Waals surface area contributed by atoms with Crippen molar-refractivity contribution in [2.24, 2.45) is 0 Å². The molecule has 22 heavy (non-hydrogen) atoms. The van der Waals surface area contributed by atoms with Crippen molar-refractivity contribution in [3.05, 3.63) is 0 Å². The topological polar surface area (TPSA) is 66.8 Å². The van der Waals surface area contributed by atoms with Gasteiger partial charge in [0.05, 0.1) is 0 Å². The summed E-state index contributed by atoms with van der Waals surface area (Å²) in [6, 6.07) is 0. The van der Waals surface area contributed by atoms with E-state index in [0.29, 0.717) is 6.42 Å². The van der Waals surface area contributed by atoms with Crippen LogP contribution < -0.4 is 0 Å². The molecule has 1 atom stereocenters. The van der Waals surface area contributed by atoms with Crippen LogP contribution >= 0.6 is 0 Å². The van der Waals surface area contributed by atoms with E-state index < -0.39 is 12.1 Å². The molecular weight excluding hydrogens is 280 g/mol. The lowest BCUT2D eigenvalue weighted by Gasteiger charge is -2.06. The molecule has 0 aliphatic heterocycles. The van der Waals surface area contributed by atoms with Crippen molar-refractivity contribution in [2.45, 2.75) is 109 Å². The SMILES string of the molecule is CCCCCCCCCCCCCCCCC(O)C(=O)OO. The summed E-state index contributed by atoms with van der Waals surface area (Å²) in [6.45, 7) is 2.26. The largest absolute Gasteiger partial charge is 0.381 e. The summed E-state index contributed by atoms with van der Waals surface area (Å²) in [5.74, 6) is -0.949. The van der Waals surface area contributed by atoms with Crippen molar-refractivity contribution >= 4 is 5.97 Å². The maximum absolute atomic E-state index is 10.8. The summed E-state index contributed by atoms with van der Waals surface area (Å²) >= 11 is 0. The van der Waals surface area contributed by atoms with E-state index in [1.54, 1.807) is 0 Å². The highest BCUT2D eigenvalue weighted by Crippen LogP contribution is 2.13. The van der Waals surface area contributed by atoms with Gasteiger partial charge in [-0.1, -0.05) is 96.8 Å². The minimum Gasteiger partial charge on any atom is -0.381 e. The van der Waals surface area contributed by atoms with Crippen LogP contribution in [0.2, 0.25) is 0 Å². The number of carbonyl (C=O) groups is 1. The molecule has 0 spiro atoms. The molecule has 0 aromatic carbocycles. The lowest BCUT2D eigenvalue weighted by Crippen LogP contribution is -2.21. The van der Waals surface area contributed by atoms with E-state index in [4.69, 9.17) is 5.26 Å². The molecule has 0 aromatic heterocycles. The minimum atomic E-state index is -1.18. The number of unbranched alkanes of at least 4 members (excludes halogenated alkanes) is 13. The average molecular weight is 316 g/mol. The van der Waals surface area contributed by atoms with Crippen molar-refractivity contribution in [1.82, 2.24) is 0 Å². The number of rotatable bonds is 16. The summed E-state index contributed by atoms with van der Waals surface area (Å²) in [5.41, 5.74) is 0. The van der Waals surface area contributed by atoms with E-state index in [9.17, 15) is 9.90 Å². The molecule has 132 valence electrons. The van der Waals surface area contributed by atoms with E-state index in [2.05, 4.69) is 11.8 Å². The Bertz CT molecular complexity index is 243. The highest BCUT2D eigenvalue weighted by atomic mass is 17.1. The zero-order chi connectivity index (χ0) is 16.5. The van der Waals surface area contributed by atoms with Crippen LogP contribution in [0.3, 0.4) is 0 Å². The van der Waals surface area contributed by atoms with Gasteiger partial charge in [0.2, 0.25) is 0 Å². The molecule has 0 heterocycles. The molecule has 0 aliphatic rings. The van der Waals surface area contributed by atoms with E-state index in [-0.39, 0.29) is 0 Å². The molecule has 0 fully saturated rings. The molecule has 4 heteroatoms. The summed E-state index contributed by atoms with van der Waals surface area (Å²) in [4.78, 5) is 14.2. The standard InChI is InChI=1S/C18H36O4/c1-2-3-4-5-6-7-8-9-10-11-12-13-14-15-16-17(19)18(20)22-21/h17,19,21H,2-16H2,1H3. The lowest BCUT2D eigenvalue weighted by molar-refractivity contribution is -0.242. The smallest absolute Gasteiger partial charge is 0.370 e. The van der Waals surface area contributed by atoms with Gasteiger partial charge in [-0.05, 0) is 6.42 Å². The third-order valence-electron chi connectivity index (χ3n) is 4.19. The van der Waals surface area contributed by atoms with E-state index >= 15 is 0 Å². The Morgan fingerprint density at radius 1 is 0.773 bits per heavy atom. The van der Waals surface area contributed by atoms with Crippen LogP contribution in [0.4, 0.5) is 0 Å². The first-order valence-electron chi connectivity index (χ1n) is 9.25. The van der Waals surface area contributed by atoms with Crippen LogP contribution in [0.5, 0.6) is 0 Å². The molecule has 0 amide bonds. The third-order valence-corrected chi connectivity index (χ3v) is 4.19. The fourth-order valence-electron chi connectivity index (χ4n) is 2.71. The molecule has 0 rings (SSSR count). The Balaban J connectivity index is 3.10. The Morgan fingerprint density at radius 3 is 1.50 bits per heavy atom. The van der Waals surface area contributed by atoms with Crippen molar-refractivity contribution in [1.29, 1.82) is 0 Å². The van der Waals surface area contributed by atoms with Crippen molar-refractivity contribution in [3.63, 3.8) is 0 Å². The van der Waals surface area contributed by atoms with E-state index in [0.717, 1.165) is 19.3 Å². The normalized spacial score (nSPS) is 12.3. The predicted molar refractivity (Wildman–Crippen MR) is 89.7 cm³/mol. The molecule has 1 unspecified atom stereocenters. The van der Waals surface area contributed by atoms with Gasteiger partial charge in [-0.3, -0.25) is 4.89 Å². The number of aliphatic hydroxyl groups excluding tert-OH is 1. The molecule has 0 bridgehead atoms.